The van der Waals surface area contributed by atoms with E-state index in [1.807, 2.05) is 37.3 Å². The van der Waals surface area contributed by atoms with Crippen molar-refractivity contribution in [2.75, 3.05) is 6.61 Å². The molecule has 1 atom stereocenters. The summed E-state index contributed by atoms with van der Waals surface area (Å²) in [4.78, 5) is 12.7. The molecule has 0 heterocycles. The van der Waals surface area contributed by atoms with E-state index in [0.29, 0.717) is 6.42 Å². The van der Waals surface area contributed by atoms with Crippen molar-refractivity contribution >= 4 is 15.8 Å². The largest absolute Gasteiger partial charge is 0.462 e. The van der Waals surface area contributed by atoms with Crippen LogP contribution in [0.2, 0.25) is 0 Å². The van der Waals surface area contributed by atoms with Gasteiger partial charge in [0.15, 0.2) is 0 Å². The molecule has 6 heteroatoms. The van der Waals surface area contributed by atoms with Crippen molar-refractivity contribution in [3.63, 3.8) is 0 Å². The Morgan fingerprint density at radius 2 is 1.63 bits per heavy atom. The van der Waals surface area contributed by atoms with Crippen molar-refractivity contribution in [3.8, 4) is 11.1 Å². The van der Waals surface area contributed by atoms with Crippen LogP contribution < -0.4 is 5.73 Å². The Morgan fingerprint density at radius 1 is 0.967 bits per heavy atom. The molecule has 0 unspecified atom stereocenters. The van der Waals surface area contributed by atoms with Crippen LogP contribution in [-0.4, -0.2) is 27.0 Å². The van der Waals surface area contributed by atoms with Gasteiger partial charge in [0.2, 0.25) is 9.84 Å². The highest BCUT2D eigenvalue weighted by molar-refractivity contribution is 7.91. The molecule has 30 heavy (non-hydrogen) atoms. The lowest BCUT2D eigenvalue weighted by Crippen LogP contribution is -2.17. The highest BCUT2D eigenvalue weighted by Crippen LogP contribution is 2.29. The molecule has 5 nitrogen and oxygen atoms in total. The molecule has 3 aromatic rings. The Morgan fingerprint density at radius 3 is 2.23 bits per heavy atom. The molecule has 0 saturated heterocycles. The second kappa shape index (κ2) is 9.24. The third-order valence-electron chi connectivity index (χ3n) is 4.66. The third-order valence-corrected chi connectivity index (χ3v) is 6.49. The van der Waals surface area contributed by atoms with Crippen molar-refractivity contribution in [2.24, 2.45) is 5.73 Å². The molecular weight excluding hydrogens is 398 g/mol. The molecule has 0 saturated carbocycles. The van der Waals surface area contributed by atoms with E-state index in [0.717, 1.165) is 16.7 Å². The summed E-state index contributed by atoms with van der Waals surface area (Å²) in [6.45, 7) is 3.73. The summed E-state index contributed by atoms with van der Waals surface area (Å²) >= 11 is 0. The van der Waals surface area contributed by atoms with Crippen molar-refractivity contribution in [1.82, 2.24) is 0 Å². The number of esters is 1. The van der Waals surface area contributed by atoms with Gasteiger partial charge in [-0.1, -0.05) is 48.5 Å². The van der Waals surface area contributed by atoms with Crippen LogP contribution in [0.15, 0.2) is 82.6 Å². The fourth-order valence-electron chi connectivity index (χ4n) is 3.25. The first-order chi connectivity index (χ1) is 14.3. The van der Waals surface area contributed by atoms with Gasteiger partial charge in [0.05, 0.1) is 22.0 Å². The summed E-state index contributed by atoms with van der Waals surface area (Å²) in [6, 6.07) is 20.8. The van der Waals surface area contributed by atoms with E-state index >= 15 is 0 Å². The van der Waals surface area contributed by atoms with Gasteiger partial charge >= 0.3 is 5.97 Å². The Kier molecular flexibility index (Phi) is 6.70. The van der Waals surface area contributed by atoms with Crippen molar-refractivity contribution in [1.29, 1.82) is 0 Å². The lowest BCUT2D eigenvalue weighted by molar-refractivity contribution is 0.0522. The number of hydrogen-bond donors (Lipinski definition) is 1. The van der Waals surface area contributed by atoms with Crippen LogP contribution in [0.3, 0.4) is 0 Å². The van der Waals surface area contributed by atoms with E-state index in [1.165, 1.54) is 6.07 Å². The number of sulfone groups is 1. The van der Waals surface area contributed by atoms with Gasteiger partial charge in [-0.15, -0.1) is 0 Å². The smallest absolute Gasteiger partial charge is 0.339 e. The van der Waals surface area contributed by atoms with Gasteiger partial charge in [-0.3, -0.25) is 0 Å². The maximum atomic E-state index is 13.3. The molecule has 156 valence electrons. The minimum Gasteiger partial charge on any atom is -0.462 e. The third kappa shape index (κ3) is 4.78. The first kappa shape index (κ1) is 21.7. The van der Waals surface area contributed by atoms with Crippen LogP contribution in [-0.2, 0) is 21.0 Å². The first-order valence-electron chi connectivity index (χ1n) is 9.79. The molecule has 0 amide bonds. The van der Waals surface area contributed by atoms with Crippen LogP contribution >= 0.6 is 0 Å². The molecule has 0 aliphatic rings. The second-order valence-corrected chi connectivity index (χ2v) is 9.04. The number of nitrogens with two attached hydrogens (primary N) is 1. The van der Waals surface area contributed by atoms with E-state index < -0.39 is 15.8 Å². The monoisotopic (exact) mass is 423 g/mol. The zero-order valence-corrected chi connectivity index (χ0v) is 17.9. The number of carbonyl (C=O) groups is 1. The molecule has 2 N–H and O–H groups in total. The van der Waals surface area contributed by atoms with Crippen molar-refractivity contribution in [3.05, 3.63) is 83.9 Å². The van der Waals surface area contributed by atoms with Gasteiger partial charge in [-0.2, -0.15) is 0 Å². The molecular formula is C24H25NO4S. The van der Waals surface area contributed by atoms with Gasteiger partial charge in [0.25, 0.3) is 0 Å². The fraction of sp³-hybridized carbons (Fsp3) is 0.208. The molecule has 0 spiro atoms. The normalized spacial score (nSPS) is 12.4. The van der Waals surface area contributed by atoms with Crippen LogP contribution in [0.25, 0.3) is 11.1 Å². The predicted octanol–water partition coefficient (Wildman–Crippen LogP) is 4.25. The maximum Gasteiger partial charge on any atom is 0.339 e. The van der Waals surface area contributed by atoms with Gasteiger partial charge in [-0.05, 0) is 61.2 Å². The van der Waals surface area contributed by atoms with Crippen LogP contribution in [0, 0.1) is 0 Å². The Balaban J connectivity index is 2.07. The van der Waals surface area contributed by atoms with Crippen LogP contribution in [0.5, 0.6) is 0 Å². The average molecular weight is 424 g/mol. The van der Waals surface area contributed by atoms with E-state index in [4.69, 9.17) is 10.5 Å². The van der Waals surface area contributed by atoms with Crippen molar-refractivity contribution < 1.29 is 17.9 Å². The molecule has 3 rings (SSSR count). The molecule has 0 aliphatic carbocycles. The standard InChI is InChI=1S/C24H25NO4S/c1-3-29-24(26)22-16-20(19-7-5-4-6-8-19)11-14-23(22)30(27,28)21-12-9-18(10-13-21)15-17(2)25/h4-14,16-17H,3,15,25H2,1-2H3/t17-/m1/s1. The summed E-state index contributed by atoms with van der Waals surface area (Å²) in [5.41, 5.74) is 8.41. The molecule has 0 aromatic heterocycles. The molecule has 0 radical (unpaired) electrons. The Hall–Kier alpha value is -2.96. The topological polar surface area (TPSA) is 86.5 Å². The highest BCUT2D eigenvalue weighted by Gasteiger charge is 2.26. The number of hydrogen-bond acceptors (Lipinski definition) is 5. The van der Waals surface area contributed by atoms with Gasteiger partial charge in [-0.25, -0.2) is 13.2 Å². The Bertz CT molecular complexity index is 1120. The maximum absolute atomic E-state index is 13.3. The first-order valence-corrected chi connectivity index (χ1v) is 11.3. The number of carbonyl (C=O) groups excluding carboxylic acids is 1. The predicted molar refractivity (Wildman–Crippen MR) is 117 cm³/mol. The lowest BCUT2D eigenvalue weighted by Gasteiger charge is -2.13. The molecule has 3 aromatic carbocycles. The Labute approximate surface area is 177 Å². The highest BCUT2D eigenvalue weighted by atomic mass is 32.2. The zero-order chi connectivity index (χ0) is 21.7. The van der Waals surface area contributed by atoms with Gasteiger partial charge in [0, 0.05) is 6.04 Å². The van der Waals surface area contributed by atoms with E-state index in [9.17, 15) is 13.2 Å². The average Bonchev–Trinajstić information content (AvgIpc) is 2.74. The number of benzene rings is 3. The van der Waals surface area contributed by atoms with Gasteiger partial charge < -0.3 is 10.5 Å². The fourth-order valence-corrected chi connectivity index (χ4v) is 4.67. The second-order valence-electron chi connectivity index (χ2n) is 7.13. The molecule has 0 aliphatic heterocycles. The number of rotatable bonds is 7. The summed E-state index contributed by atoms with van der Waals surface area (Å²) < 4.78 is 31.8. The molecule has 0 fully saturated rings. The zero-order valence-electron chi connectivity index (χ0n) is 17.0. The minimum atomic E-state index is -3.91. The quantitative estimate of drug-likeness (QED) is 0.574. The van der Waals surface area contributed by atoms with E-state index in [-0.39, 0.29) is 28.0 Å². The van der Waals surface area contributed by atoms with E-state index in [1.54, 1.807) is 43.3 Å². The van der Waals surface area contributed by atoms with Crippen molar-refractivity contribution in [2.45, 2.75) is 36.1 Å². The van der Waals surface area contributed by atoms with Gasteiger partial charge in [0.1, 0.15) is 0 Å². The lowest BCUT2D eigenvalue weighted by atomic mass is 10.0. The summed E-state index contributed by atoms with van der Waals surface area (Å²) in [7, 11) is -3.91. The minimum absolute atomic E-state index is 0.0200. The molecule has 0 bridgehead atoms. The SMILES string of the molecule is CCOC(=O)c1cc(-c2ccccc2)ccc1S(=O)(=O)c1ccc(C[C@@H](C)N)cc1. The summed E-state index contributed by atoms with van der Waals surface area (Å²) in [6.07, 6.45) is 0.653. The van der Waals surface area contributed by atoms with Crippen LogP contribution in [0.4, 0.5) is 0 Å². The van der Waals surface area contributed by atoms with E-state index in [2.05, 4.69) is 0 Å². The summed E-state index contributed by atoms with van der Waals surface area (Å²) in [5.74, 6) is -0.664. The summed E-state index contributed by atoms with van der Waals surface area (Å²) in [5, 5.41) is 0. The van der Waals surface area contributed by atoms with Crippen LogP contribution in [0.1, 0.15) is 29.8 Å². The number of ether oxygens (including phenoxy) is 1.